The number of amides is 1. The van der Waals surface area contributed by atoms with Gasteiger partial charge >= 0.3 is 0 Å². The average molecular weight is 306 g/mol. The number of rotatable bonds is 5. The largest absolute Gasteiger partial charge is 0.338 e. The topological polar surface area (TPSA) is 58.1 Å². The number of hydrogen-bond donors (Lipinski definition) is 1. The van der Waals surface area contributed by atoms with Crippen molar-refractivity contribution in [1.82, 2.24) is 14.9 Å². The van der Waals surface area contributed by atoms with Gasteiger partial charge in [0.2, 0.25) is 0 Å². The number of benzene rings is 1. The molecule has 0 spiro atoms. The normalized spacial score (nSPS) is 10.4. The Morgan fingerprint density at radius 3 is 2.27 bits per heavy atom. The average Bonchev–Trinajstić information content (AvgIpc) is 2.53. The molecule has 1 aromatic carbocycles. The van der Waals surface area contributed by atoms with Crippen LogP contribution in [-0.2, 0) is 0 Å². The van der Waals surface area contributed by atoms with Gasteiger partial charge in [0.15, 0.2) is 0 Å². The molecule has 0 saturated heterocycles. The number of anilines is 2. The summed E-state index contributed by atoms with van der Waals surface area (Å²) in [5.74, 6) is -1.54. The van der Waals surface area contributed by atoms with Gasteiger partial charge in [-0.3, -0.25) is 4.79 Å². The van der Waals surface area contributed by atoms with Crippen LogP contribution in [0.4, 0.5) is 20.3 Å². The van der Waals surface area contributed by atoms with Gasteiger partial charge < -0.3 is 10.2 Å². The van der Waals surface area contributed by atoms with E-state index in [4.69, 9.17) is 0 Å². The molecule has 7 heteroatoms. The van der Waals surface area contributed by atoms with E-state index < -0.39 is 11.6 Å². The number of carbonyl (C=O) groups excluding carboxylic acids is 1. The van der Waals surface area contributed by atoms with Crippen molar-refractivity contribution >= 4 is 17.4 Å². The highest BCUT2D eigenvalue weighted by Crippen LogP contribution is 2.21. The SMILES string of the molecule is CCN(CC)C(=O)c1cnc(Nc2c(F)cccc2F)cn1. The minimum Gasteiger partial charge on any atom is -0.338 e. The summed E-state index contributed by atoms with van der Waals surface area (Å²) in [6.07, 6.45) is 2.55. The van der Waals surface area contributed by atoms with E-state index in [-0.39, 0.29) is 23.1 Å². The Hall–Kier alpha value is -2.57. The van der Waals surface area contributed by atoms with Gasteiger partial charge in [0.1, 0.15) is 28.8 Å². The van der Waals surface area contributed by atoms with Crippen molar-refractivity contribution in [2.24, 2.45) is 0 Å². The molecular formula is C15H16F2N4O. The molecule has 0 aliphatic carbocycles. The summed E-state index contributed by atoms with van der Waals surface area (Å²) in [4.78, 5) is 21.6. The molecule has 116 valence electrons. The molecule has 0 bridgehead atoms. The zero-order chi connectivity index (χ0) is 16.1. The van der Waals surface area contributed by atoms with Crippen LogP contribution in [0.3, 0.4) is 0 Å². The lowest BCUT2D eigenvalue weighted by molar-refractivity contribution is 0.0766. The van der Waals surface area contributed by atoms with E-state index in [1.165, 1.54) is 18.5 Å². The molecular weight excluding hydrogens is 290 g/mol. The summed E-state index contributed by atoms with van der Waals surface area (Å²) >= 11 is 0. The Labute approximate surface area is 127 Å². The van der Waals surface area contributed by atoms with Gasteiger partial charge in [0, 0.05) is 13.1 Å². The minimum atomic E-state index is -0.731. The molecule has 1 amide bonds. The lowest BCUT2D eigenvalue weighted by atomic mass is 10.3. The van der Waals surface area contributed by atoms with Crippen molar-refractivity contribution in [3.63, 3.8) is 0 Å². The Kier molecular flexibility index (Phi) is 4.98. The van der Waals surface area contributed by atoms with Crippen LogP contribution in [0, 0.1) is 11.6 Å². The van der Waals surface area contributed by atoms with Crippen molar-refractivity contribution in [2.45, 2.75) is 13.8 Å². The summed E-state index contributed by atoms with van der Waals surface area (Å²) in [5, 5.41) is 2.52. The van der Waals surface area contributed by atoms with Gasteiger partial charge in [0.25, 0.3) is 5.91 Å². The molecule has 5 nitrogen and oxygen atoms in total. The summed E-state index contributed by atoms with van der Waals surface area (Å²) in [6.45, 7) is 4.87. The molecule has 0 unspecified atom stereocenters. The van der Waals surface area contributed by atoms with Crippen LogP contribution in [0.25, 0.3) is 0 Å². The van der Waals surface area contributed by atoms with Crippen LogP contribution in [0.5, 0.6) is 0 Å². The molecule has 0 radical (unpaired) electrons. The molecule has 22 heavy (non-hydrogen) atoms. The lowest BCUT2D eigenvalue weighted by Crippen LogP contribution is -2.31. The van der Waals surface area contributed by atoms with Crippen LogP contribution in [0.15, 0.2) is 30.6 Å². The second-order valence-corrected chi connectivity index (χ2v) is 4.49. The van der Waals surface area contributed by atoms with E-state index >= 15 is 0 Å². The number of aromatic nitrogens is 2. The summed E-state index contributed by atoms with van der Waals surface area (Å²) in [6, 6.07) is 3.54. The number of nitrogens with zero attached hydrogens (tertiary/aromatic N) is 3. The molecule has 0 saturated carbocycles. The first-order valence-corrected chi connectivity index (χ1v) is 6.89. The monoisotopic (exact) mass is 306 g/mol. The minimum absolute atomic E-state index is 0.153. The quantitative estimate of drug-likeness (QED) is 0.922. The molecule has 0 aliphatic rings. The predicted octanol–water partition coefficient (Wildman–Crippen LogP) is 2.98. The van der Waals surface area contributed by atoms with E-state index in [9.17, 15) is 13.6 Å². The van der Waals surface area contributed by atoms with Crippen molar-refractivity contribution in [3.05, 3.63) is 47.9 Å². The van der Waals surface area contributed by atoms with Gasteiger partial charge in [-0.2, -0.15) is 0 Å². The van der Waals surface area contributed by atoms with Gasteiger partial charge in [-0.1, -0.05) is 6.07 Å². The third kappa shape index (κ3) is 3.36. The third-order valence-electron chi connectivity index (χ3n) is 3.14. The van der Waals surface area contributed by atoms with Crippen LogP contribution in [0.1, 0.15) is 24.3 Å². The Morgan fingerprint density at radius 2 is 1.77 bits per heavy atom. The molecule has 0 aliphatic heterocycles. The first-order chi connectivity index (χ1) is 10.6. The van der Waals surface area contributed by atoms with E-state index in [0.717, 1.165) is 12.1 Å². The molecule has 1 N–H and O–H groups in total. The zero-order valence-electron chi connectivity index (χ0n) is 12.3. The Balaban J connectivity index is 2.17. The Morgan fingerprint density at radius 1 is 1.14 bits per heavy atom. The van der Waals surface area contributed by atoms with Crippen LogP contribution in [-0.4, -0.2) is 33.9 Å². The fraction of sp³-hybridized carbons (Fsp3) is 0.267. The van der Waals surface area contributed by atoms with E-state index in [0.29, 0.717) is 13.1 Å². The number of nitrogens with one attached hydrogen (secondary N) is 1. The molecule has 2 rings (SSSR count). The highest BCUT2D eigenvalue weighted by molar-refractivity contribution is 5.92. The highest BCUT2D eigenvalue weighted by Gasteiger charge is 2.15. The smallest absolute Gasteiger partial charge is 0.274 e. The van der Waals surface area contributed by atoms with Crippen molar-refractivity contribution in [3.8, 4) is 0 Å². The lowest BCUT2D eigenvalue weighted by Gasteiger charge is -2.17. The zero-order valence-corrected chi connectivity index (χ0v) is 12.3. The summed E-state index contributed by atoms with van der Waals surface area (Å²) in [7, 11) is 0. The van der Waals surface area contributed by atoms with Crippen molar-refractivity contribution in [2.75, 3.05) is 18.4 Å². The first-order valence-electron chi connectivity index (χ1n) is 6.89. The Bertz CT molecular complexity index is 637. The van der Waals surface area contributed by atoms with Crippen LogP contribution >= 0.6 is 0 Å². The second kappa shape index (κ2) is 6.93. The predicted molar refractivity (Wildman–Crippen MR) is 78.9 cm³/mol. The number of carbonyl (C=O) groups is 1. The van der Waals surface area contributed by atoms with Gasteiger partial charge in [-0.05, 0) is 26.0 Å². The van der Waals surface area contributed by atoms with Crippen LogP contribution in [0.2, 0.25) is 0 Å². The highest BCUT2D eigenvalue weighted by atomic mass is 19.1. The summed E-state index contributed by atoms with van der Waals surface area (Å²) < 4.78 is 27.1. The number of halogens is 2. The van der Waals surface area contributed by atoms with Crippen molar-refractivity contribution in [1.29, 1.82) is 0 Å². The van der Waals surface area contributed by atoms with E-state index in [2.05, 4.69) is 15.3 Å². The first kappa shape index (κ1) is 15.8. The van der Waals surface area contributed by atoms with Crippen LogP contribution < -0.4 is 5.32 Å². The molecule has 1 aromatic heterocycles. The maximum atomic E-state index is 13.5. The molecule has 0 atom stereocenters. The van der Waals surface area contributed by atoms with Gasteiger partial charge in [0.05, 0.1) is 12.4 Å². The molecule has 0 fully saturated rings. The van der Waals surface area contributed by atoms with Gasteiger partial charge in [-0.25, -0.2) is 18.7 Å². The fourth-order valence-electron chi connectivity index (χ4n) is 1.92. The third-order valence-corrected chi connectivity index (χ3v) is 3.14. The maximum absolute atomic E-state index is 13.5. The van der Waals surface area contributed by atoms with Gasteiger partial charge in [-0.15, -0.1) is 0 Å². The summed E-state index contributed by atoms with van der Waals surface area (Å²) in [5.41, 5.74) is -0.122. The van der Waals surface area contributed by atoms with E-state index in [1.54, 1.807) is 4.90 Å². The van der Waals surface area contributed by atoms with Crippen molar-refractivity contribution < 1.29 is 13.6 Å². The fourth-order valence-corrected chi connectivity index (χ4v) is 1.92. The maximum Gasteiger partial charge on any atom is 0.274 e. The number of para-hydroxylation sites is 1. The number of hydrogen-bond acceptors (Lipinski definition) is 4. The standard InChI is InChI=1S/C15H16F2N4O/c1-3-21(4-2)15(22)12-8-19-13(9-18-12)20-14-10(16)6-5-7-11(14)17/h5-9H,3-4H2,1-2H3,(H,19,20). The molecule has 1 heterocycles. The second-order valence-electron chi connectivity index (χ2n) is 4.49. The molecule has 2 aromatic rings. The van der Waals surface area contributed by atoms with E-state index in [1.807, 2.05) is 13.8 Å².